The Hall–Kier alpha value is -0.460. The molecule has 0 aromatic rings. The molecule has 0 unspecified atom stereocenters. The summed E-state index contributed by atoms with van der Waals surface area (Å²) in [5, 5.41) is 6.82. The SMILES string of the molecule is CN=C(NCCCCN1CCN(C)CC1)NCC(C)(C)SC. The van der Waals surface area contributed by atoms with Gasteiger partial charge in [0.25, 0.3) is 0 Å². The number of thioether (sulfide) groups is 1. The Bertz CT molecular complexity index is 324. The second-order valence-corrected chi connectivity index (χ2v) is 8.18. The minimum absolute atomic E-state index is 0.235. The fraction of sp³-hybridized carbons (Fsp3) is 0.938. The van der Waals surface area contributed by atoms with Crippen LogP contribution in [-0.2, 0) is 0 Å². The Labute approximate surface area is 141 Å². The first kappa shape index (κ1) is 19.6. The number of nitrogens with one attached hydrogen (secondary N) is 2. The van der Waals surface area contributed by atoms with Gasteiger partial charge in [-0.3, -0.25) is 4.99 Å². The third-order valence-electron chi connectivity index (χ3n) is 4.25. The average Bonchev–Trinajstić information content (AvgIpc) is 2.51. The Balaban J connectivity index is 2.07. The molecule has 0 atom stereocenters. The molecule has 0 amide bonds. The van der Waals surface area contributed by atoms with E-state index in [9.17, 15) is 0 Å². The summed E-state index contributed by atoms with van der Waals surface area (Å²) in [6, 6.07) is 0. The van der Waals surface area contributed by atoms with Crippen molar-refractivity contribution in [1.82, 2.24) is 20.4 Å². The monoisotopic (exact) mass is 329 g/mol. The first-order valence-corrected chi connectivity index (χ1v) is 9.60. The van der Waals surface area contributed by atoms with Gasteiger partial charge in [0, 0.05) is 51.1 Å². The predicted molar refractivity (Wildman–Crippen MR) is 100 cm³/mol. The van der Waals surface area contributed by atoms with Crippen LogP contribution in [0.1, 0.15) is 26.7 Å². The van der Waals surface area contributed by atoms with Crippen molar-refractivity contribution < 1.29 is 0 Å². The van der Waals surface area contributed by atoms with E-state index in [0.29, 0.717) is 0 Å². The second-order valence-electron chi connectivity index (χ2n) is 6.67. The van der Waals surface area contributed by atoms with Crippen LogP contribution in [0, 0.1) is 0 Å². The molecule has 0 aromatic heterocycles. The minimum atomic E-state index is 0.235. The van der Waals surface area contributed by atoms with Crippen molar-refractivity contribution in [3.05, 3.63) is 0 Å². The van der Waals surface area contributed by atoms with Gasteiger partial charge in [0.2, 0.25) is 0 Å². The third-order valence-corrected chi connectivity index (χ3v) is 5.50. The van der Waals surface area contributed by atoms with Gasteiger partial charge in [0.05, 0.1) is 0 Å². The topological polar surface area (TPSA) is 42.9 Å². The van der Waals surface area contributed by atoms with Crippen LogP contribution in [0.25, 0.3) is 0 Å². The Morgan fingerprint density at radius 3 is 2.41 bits per heavy atom. The van der Waals surface area contributed by atoms with Crippen molar-refractivity contribution in [1.29, 1.82) is 0 Å². The van der Waals surface area contributed by atoms with E-state index in [1.165, 1.54) is 45.6 Å². The summed E-state index contributed by atoms with van der Waals surface area (Å²) >= 11 is 1.87. The summed E-state index contributed by atoms with van der Waals surface area (Å²) in [6.45, 7) is 12.5. The molecule has 22 heavy (non-hydrogen) atoms. The molecular formula is C16H35N5S. The maximum atomic E-state index is 4.29. The lowest BCUT2D eigenvalue weighted by molar-refractivity contribution is 0.152. The summed E-state index contributed by atoms with van der Waals surface area (Å²) in [5.41, 5.74) is 0. The van der Waals surface area contributed by atoms with Crippen molar-refractivity contribution in [2.45, 2.75) is 31.4 Å². The third kappa shape index (κ3) is 8.25. The van der Waals surface area contributed by atoms with Gasteiger partial charge in [-0.05, 0) is 46.5 Å². The van der Waals surface area contributed by atoms with Gasteiger partial charge in [-0.15, -0.1) is 0 Å². The predicted octanol–water partition coefficient (Wildman–Crippen LogP) is 1.32. The summed E-state index contributed by atoms with van der Waals surface area (Å²) < 4.78 is 0.235. The molecule has 0 aromatic carbocycles. The zero-order chi connectivity index (χ0) is 16.4. The molecule has 1 fully saturated rings. The second kappa shape index (κ2) is 10.3. The molecule has 2 N–H and O–H groups in total. The van der Waals surface area contributed by atoms with Gasteiger partial charge >= 0.3 is 0 Å². The molecule has 5 nitrogen and oxygen atoms in total. The van der Waals surface area contributed by atoms with E-state index >= 15 is 0 Å². The van der Waals surface area contributed by atoms with E-state index < -0.39 is 0 Å². The summed E-state index contributed by atoms with van der Waals surface area (Å²) in [4.78, 5) is 9.27. The highest BCUT2D eigenvalue weighted by Crippen LogP contribution is 2.19. The van der Waals surface area contributed by atoms with Gasteiger partial charge in [0.15, 0.2) is 5.96 Å². The van der Waals surface area contributed by atoms with Crippen LogP contribution in [0.5, 0.6) is 0 Å². The van der Waals surface area contributed by atoms with E-state index in [1.807, 2.05) is 18.8 Å². The summed E-state index contributed by atoms with van der Waals surface area (Å²) in [7, 11) is 4.05. The Morgan fingerprint density at radius 2 is 1.82 bits per heavy atom. The zero-order valence-corrected chi connectivity index (χ0v) is 15.9. The van der Waals surface area contributed by atoms with Gasteiger partial charge in [-0.1, -0.05) is 0 Å². The number of rotatable bonds is 8. The lowest BCUT2D eigenvalue weighted by atomic mass is 10.2. The van der Waals surface area contributed by atoms with Gasteiger partial charge in [-0.25, -0.2) is 0 Å². The van der Waals surface area contributed by atoms with Crippen molar-refractivity contribution in [3.63, 3.8) is 0 Å². The van der Waals surface area contributed by atoms with Gasteiger partial charge < -0.3 is 20.4 Å². The highest BCUT2D eigenvalue weighted by Gasteiger charge is 2.16. The van der Waals surface area contributed by atoms with Crippen molar-refractivity contribution >= 4 is 17.7 Å². The maximum Gasteiger partial charge on any atom is 0.191 e. The largest absolute Gasteiger partial charge is 0.356 e. The maximum absolute atomic E-state index is 4.29. The first-order chi connectivity index (χ1) is 10.5. The van der Waals surface area contributed by atoms with Crippen molar-refractivity contribution in [2.75, 3.05) is 66.2 Å². The van der Waals surface area contributed by atoms with Crippen LogP contribution >= 0.6 is 11.8 Å². The Kier molecular flexibility index (Phi) is 9.21. The molecule has 1 aliphatic heterocycles. The summed E-state index contributed by atoms with van der Waals surface area (Å²) in [5.74, 6) is 0.918. The van der Waals surface area contributed by atoms with Crippen LogP contribution in [-0.4, -0.2) is 86.7 Å². The molecule has 1 heterocycles. The average molecular weight is 330 g/mol. The molecule has 130 valence electrons. The number of guanidine groups is 1. The molecule has 1 rings (SSSR count). The lowest BCUT2D eigenvalue weighted by Gasteiger charge is -2.32. The highest BCUT2D eigenvalue weighted by atomic mass is 32.2. The van der Waals surface area contributed by atoms with Crippen LogP contribution in [0.4, 0.5) is 0 Å². The molecule has 0 bridgehead atoms. The number of likely N-dealkylation sites (N-methyl/N-ethyl adjacent to an activating group) is 1. The fourth-order valence-corrected chi connectivity index (χ4v) is 2.54. The Morgan fingerprint density at radius 1 is 1.14 bits per heavy atom. The molecule has 0 saturated carbocycles. The number of aliphatic imine (C=N–C) groups is 1. The molecule has 0 spiro atoms. The molecule has 1 saturated heterocycles. The number of hydrogen-bond donors (Lipinski definition) is 2. The number of piperazine rings is 1. The number of hydrogen-bond acceptors (Lipinski definition) is 4. The fourth-order valence-electron chi connectivity index (χ4n) is 2.33. The quantitative estimate of drug-likeness (QED) is 0.399. The zero-order valence-electron chi connectivity index (χ0n) is 15.1. The first-order valence-electron chi connectivity index (χ1n) is 8.37. The van der Waals surface area contributed by atoms with Gasteiger partial charge in [-0.2, -0.15) is 11.8 Å². The van der Waals surface area contributed by atoms with E-state index in [4.69, 9.17) is 0 Å². The lowest BCUT2D eigenvalue weighted by Crippen LogP contribution is -2.45. The normalized spacial score (nSPS) is 18.5. The van der Waals surface area contributed by atoms with E-state index in [2.05, 4.69) is 52.6 Å². The highest BCUT2D eigenvalue weighted by molar-refractivity contribution is 7.99. The molecule has 1 aliphatic rings. The van der Waals surface area contributed by atoms with E-state index in [1.54, 1.807) is 0 Å². The molecule has 6 heteroatoms. The van der Waals surface area contributed by atoms with Crippen LogP contribution in [0.2, 0.25) is 0 Å². The van der Waals surface area contributed by atoms with E-state index in [-0.39, 0.29) is 4.75 Å². The smallest absolute Gasteiger partial charge is 0.191 e. The van der Waals surface area contributed by atoms with Crippen LogP contribution < -0.4 is 10.6 Å². The molecule has 0 radical (unpaired) electrons. The minimum Gasteiger partial charge on any atom is -0.356 e. The molecular weight excluding hydrogens is 294 g/mol. The number of unbranched alkanes of at least 4 members (excludes halogenated alkanes) is 1. The van der Waals surface area contributed by atoms with E-state index in [0.717, 1.165) is 19.0 Å². The van der Waals surface area contributed by atoms with Crippen LogP contribution in [0.15, 0.2) is 4.99 Å². The van der Waals surface area contributed by atoms with Gasteiger partial charge in [0.1, 0.15) is 0 Å². The standard InChI is InChI=1S/C16H35N5S/c1-16(2,22-5)14-19-15(17-3)18-8-6-7-9-21-12-10-20(4)11-13-21/h6-14H2,1-5H3,(H2,17,18,19). The summed E-state index contributed by atoms with van der Waals surface area (Å²) in [6.07, 6.45) is 4.60. The number of nitrogens with zero attached hydrogens (tertiary/aromatic N) is 3. The van der Waals surface area contributed by atoms with Crippen molar-refractivity contribution in [3.8, 4) is 0 Å². The molecule has 0 aliphatic carbocycles. The van der Waals surface area contributed by atoms with Crippen LogP contribution in [0.3, 0.4) is 0 Å². The van der Waals surface area contributed by atoms with Crippen molar-refractivity contribution in [2.24, 2.45) is 4.99 Å².